The van der Waals surface area contributed by atoms with Crippen LogP contribution >= 0.6 is 0 Å². The Labute approximate surface area is 130 Å². The van der Waals surface area contributed by atoms with E-state index >= 15 is 0 Å². The number of carbonyl (C=O) groups excluding carboxylic acids is 1. The van der Waals surface area contributed by atoms with Crippen LogP contribution in [-0.2, 0) is 12.8 Å². The van der Waals surface area contributed by atoms with E-state index in [0.29, 0.717) is 17.9 Å². The standard InChI is InChI=1S/C18H23F2NO/c19-11-18(12-20)9-8-16-15(17(18)22)7-6-14(21-16)10-13-4-2-1-3-5-13/h6-7,13H,1-5,8-12H2. The van der Waals surface area contributed by atoms with Gasteiger partial charge in [-0.2, -0.15) is 0 Å². The molecule has 0 aliphatic heterocycles. The highest BCUT2D eigenvalue weighted by Crippen LogP contribution is 2.36. The fraction of sp³-hybridized carbons (Fsp3) is 0.667. The number of Topliss-reactive ketones (excluding diaryl/α,β-unsaturated/α-hetero) is 1. The first kappa shape index (κ1) is 15.6. The van der Waals surface area contributed by atoms with Gasteiger partial charge in [0.25, 0.3) is 0 Å². The van der Waals surface area contributed by atoms with Gasteiger partial charge in [-0.3, -0.25) is 9.78 Å². The summed E-state index contributed by atoms with van der Waals surface area (Å²) >= 11 is 0. The molecule has 1 saturated carbocycles. The van der Waals surface area contributed by atoms with Crippen LogP contribution in [0.4, 0.5) is 8.78 Å². The first-order chi connectivity index (χ1) is 10.7. The van der Waals surface area contributed by atoms with Crippen molar-refractivity contribution in [3.05, 3.63) is 29.1 Å². The number of ketones is 1. The lowest BCUT2D eigenvalue weighted by molar-refractivity contribution is 0.0626. The van der Waals surface area contributed by atoms with Gasteiger partial charge in [-0.25, -0.2) is 8.78 Å². The summed E-state index contributed by atoms with van der Waals surface area (Å²) in [5, 5.41) is 0. The van der Waals surface area contributed by atoms with Crippen molar-refractivity contribution in [2.24, 2.45) is 11.3 Å². The molecular weight excluding hydrogens is 284 g/mol. The van der Waals surface area contributed by atoms with Gasteiger partial charge in [0, 0.05) is 11.3 Å². The Balaban J connectivity index is 1.79. The second kappa shape index (κ2) is 6.43. The van der Waals surface area contributed by atoms with Crippen LogP contribution in [0, 0.1) is 11.3 Å². The molecule has 0 atom stereocenters. The average Bonchev–Trinajstić information content (AvgIpc) is 2.57. The van der Waals surface area contributed by atoms with Crippen molar-refractivity contribution in [2.45, 2.75) is 51.4 Å². The maximum absolute atomic E-state index is 13.2. The number of carbonyl (C=O) groups is 1. The van der Waals surface area contributed by atoms with Crippen molar-refractivity contribution < 1.29 is 13.6 Å². The number of halogens is 2. The summed E-state index contributed by atoms with van der Waals surface area (Å²) in [6.07, 6.45) is 8.11. The van der Waals surface area contributed by atoms with Crippen LogP contribution in [0.1, 0.15) is 60.3 Å². The van der Waals surface area contributed by atoms with Crippen LogP contribution in [0.3, 0.4) is 0 Å². The van der Waals surface area contributed by atoms with Crippen molar-refractivity contribution in [3.63, 3.8) is 0 Å². The van der Waals surface area contributed by atoms with E-state index in [1.54, 1.807) is 6.07 Å². The van der Waals surface area contributed by atoms with Crippen molar-refractivity contribution in [2.75, 3.05) is 13.3 Å². The van der Waals surface area contributed by atoms with Crippen LogP contribution in [0.25, 0.3) is 0 Å². The summed E-state index contributed by atoms with van der Waals surface area (Å²) in [7, 11) is 0. The van der Waals surface area contributed by atoms with Crippen LogP contribution in [-0.4, -0.2) is 24.1 Å². The number of fused-ring (bicyclic) bond motifs is 1. The molecule has 22 heavy (non-hydrogen) atoms. The Morgan fingerprint density at radius 1 is 1.14 bits per heavy atom. The van der Waals surface area contributed by atoms with E-state index in [9.17, 15) is 13.6 Å². The number of alkyl halides is 2. The number of pyridine rings is 1. The molecule has 0 N–H and O–H groups in total. The lowest BCUT2D eigenvalue weighted by Gasteiger charge is -2.31. The molecule has 2 nitrogen and oxygen atoms in total. The zero-order valence-electron chi connectivity index (χ0n) is 12.9. The molecule has 2 aliphatic carbocycles. The summed E-state index contributed by atoms with van der Waals surface area (Å²) in [6.45, 7) is -1.85. The van der Waals surface area contributed by atoms with Crippen molar-refractivity contribution >= 4 is 5.78 Å². The van der Waals surface area contributed by atoms with E-state index in [0.717, 1.165) is 17.8 Å². The zero-order valence-corrected chi connectivity index (χ0v) is 12.9. The Hall–Kier alpha value is -1.32. The van der Waals surface area contributed by atoms with Gasteiger partial charge < -0.3 is 0 Å². The number of hydrogen-bond acceptors (Lipinski definition) is 2. The van der Waals surface area contributed by atoms with Gasteiger partial charge in [0.15, 0.2) is 5.78 Å². The molecule has 120 valence electrons. The lowest BCUT2D eigenvalue weighted by Crippen LogP contribution is -2.40. The van der Waals surface area contributed by atoms with Gasteiger partial charge in [-0.1, -0.05) is 32.1 Å². The molecular formula is C18H23F2NO. The van der Waals surface area contributed by atoms with E-state index in [-0.39, 0.29) is 6.42 Å². The smallest absolute Gasteiger partial charge is 0.176 e. The molecule has 0 aromatic carbocycles. The number of aromatic nitrogens is 1. The van der Waals surface area contributed by atoms with Gasteiger partial charge >= 0.3 is 0 Å². The summed E-state index contributed by atoms with van der Waals surface area (Å²) in [5.74, 6) is 0.282. The van der Waals surface area contributed by atoms with E-state index in [1.165, 1.54) is 32.1 Å². The number of aryl methyl sites for hydroxylation is 1. The fourth-order valence-electron chi connectivity index (χ4n) is 3.79. The molecule has 1 fully saturated rings. The third-order valence-corrected chi connectivity index (χ3v) is 5.33. The van der Waals surface area contributed by atoms with E-state index < -0.39 is 24.5 Å². The highest BCUT2D eigenvalue weighted by atomic mass is 19.1. The van der Waals surface area contributed by atoms with Crippen LogP contribution in [0.5, 0.6) is 0 Å². The number of hydrogen-bond donors (Lipinski definition) is 0. The van der Waals surface area contributed by atoms with Crippen molar-refractivity contribution in [3.8, 4) is 0 Å². The van der Waals surface area contributed by atoms with Crippen LogP contribution < -0.4 is 0 Å². The van der Waals surface area contributed by atoms with Crippen LogP contribution in [0.2, 0.25) is 0 Å². The normalized spacial score (nSPS) is 21.6. The Morgan fingerprint density at radius 2 is 1.86 bits per heavy atom. The molecule has 0 spiro atoms. The minimum atomic E-state index is -1.46. The molecule has 2 aliphatic rings. The second-order valence-electron chi connectivity index (χ2n) is 6.88. The molecule has 4 heteroatoms. The van der Waals surface area contributed by atoms with Gasteiger partial charge in [0.1, 0.15) is 13.3 Å². The summed E-state index contributed by atoms with van der Waals surface area (Å²) < 4.78 is 26.4. The topological polar surface area (TPSA) is 30.0 Å². The summed E-state index contributed by atoms with van der Waals surface area (Å²) in [4.78, 5) is 17.0. The lowest BCUT2D eigenvalue weighted by atomic mass is 9.73. The summed E-state index contributed by atoms with van der Waals surface area (Å²) in [6, 6.07) is 3.61. The van der Waals surface area contributed by atoms with Crippen LogP contribution in [0.15, 0.2) is 12.1 Å². The highest BCUT2D eigenvalue weighted by Gasteiger charge is 2.43. The second-order valence-corrected chi connectivity index (χ2v) is 6.88. The molecule has 0 saturated heterocycles. The quantitative estimate of drug-likeness (QED) is 0.832. The molecule has 1 aromatic rings. The highest BCUT2D eigenvalue weighted by molar-refractivity contribution is 6.02. The predicted octanol–water partition coefficient (Wildman–Crippen LogP) is 4.26. The molecule has 1 heterocycles. The number of rotatable bonds is 4. The number of nitrogens with zero attached hydrogens (tertiary/aromatic N) is 1. The SMILES string of the molecule is O=C1c2ccc(CC3CCCCC3)nc2CCC1(CF)CF. The Morgan fingerprint density at radius 3 is 2.55 bits per heavy atom. The first-order valence-corrected chi connectivity index (χ1v) is 8.34. The minimum absolute atomic E-state index is 0.228. The van der Waals surface area contributed by atoms with Gasteiger partial charge in [0.2, 0.25) is 0 Å². The fourth-order valence-corrected chi connectivity index (χ4v) is 3.79. The Kier molecular flexibility index (Phi) is 4.55. The van der Waals surface area contributed by atoms with Crippen molar-refractivity contribution in [1.29, 1.82) is 0 Å². The van der Waals surface area contributed by atoms with Gasteiger partial charge in [0.05, 0.1) is 11.1 Å². The molecule has 0 radical (unpaired) electrons. The zero-order chi connectivity index (χ0) is 15.6. The Bertz CT molecular complexity index is 548. The third-order valence-electron chi connectivity index (χ3n) is 5.33. The van der Waals surface area contributed by atoms with Gasteiger partial charge in [-0.05, 0) is 37.3 Å². The van der Waals surface area contributed by atoms with E-state index in [4.69, 9.17) is 0 Å². The molecule has 3 rings (SSSR count). The maximum Gasteiger partial charge on any atom is 0.176 e. The van der Waals surface area contributed by atoms with Crippen molar-refractivity contribution in [1.82, 2.24) is 4.98 Å². The third kappa shape index (κ3) is 2.80. The van der Waals surface area contributed by atoms with E-state index in [1.807, 2.05) is 6.07 Å². The first-order valence-electron chi connectivity index (χ1n) is 8.34. The molecule has 0 bridgehead atoms. The monoisotopic (exact) mass is 307 g/mol. The molecule has 0 amide bonds. The largest absolute Gasteiger partial charge is 0.293 e. The maximum atomic E-state index is 13.2. The predicted molar refractivity (Wildman–Crippen MR) is 81.6 cm³/mol. The minimum Gasteiger partial charge on any atom is -0.293 e. The molecule has 1 aromatic heterocycles. The van der Waals surface area contributed by atoms with E-state index in [2.05, 4.69) is 4.98 Å². The summed E-state index contributed by atoms with van der Waals surface area (Å²) in [5.41, 5.74) is 0.718. The molecule has 0 unspecified atom stereocenters. The van der Waals surface area contributed by atoms with Gasteiger partial charge in [-0.15, -0.1) is 0 Å². The average molecular weight is 307 g/mol.